The van der Waals surface area contributed by atoms with Gasteiger partial charge in [0.25, 0.3) is 11.8 Å². The second-order valence-electron chi connectivity index (χ2n) is 5.60. The van der Waals surface area contributed by atoms with Crippen LogP contribution in [-0.4, -0.2) is 35.8 Å². The SMILES string of the molecule is CN(C)C(=O)c1ccc(CNC(=O)c2cccc(-c3cscn3)c2)o1. The van der Waals surface area contributed by atoms with E-state index < -0.39 is 0 Å². The average Bonchev–Trinajstić information content (AvgIpc) is 3.30. The summed E-state index contributed by atoms with van der Waals surface area (Å²) < 4.78 is 5.46. The molecule has 2 aromatic heterocycles. The molecule has 25 heavy (non-hydrogen) atoms. The zero-order valence-corrected chi connectivity index (χ0v) is 14.7. The number of furan rings is 1. The lowest BCUT2D eigenvalue weighted by molar-refractivity contribution is 0.0794. The van der Waals surface area contributed by atoms with Crippen molar-refractivity contribution in [2.24, 2.45) is 0 Å². The zero-order chi connectivity index (χ0) is 17.8. The molecule has 0 aliphatic heterocycles. The van der Waals surface area contributed by atoms with Crippen molar-refractivity contribution in [2.75, 3.05) is 14.1 Å². The van der Waals surface area contributed by atoms with Gasteiger partial charge < -0.3 is 14.6 Å². The van der Waals surface area contributed by atoms with Gasteiger partial charge in [-0.25, -0.2) is 4.98 Å². The third-order valence-electron chi connectivity index (χ3n) is 3.55. The summed E-state index contributed by atoms with van der Waals surface area (Å²) >= 11 is 1.51. The van der Waals surface area contributed by atoms with E-state index in [2.05, 4.69) is 10.3 Å². The number of benzene rings is 1. The first-order chi connectivity index (χ1) is 12.0. The second kappa shape index (κ2) is 7.31. The Hall–Kier alpha value is -2.93. The molecule has 6 nitrogen and oxygen atoms in total. The van der Waals surface area contributed by atoms with Crippen LogP contribution in [0.25, 0.3) is 11.3 Å². The van der Waals surface area contributed by atoms with Gasteiger partial charge in [0.2, 0.25) is 0 Å². The first-order valence-electron chi connectivity index (χ1n) is 7.62. The number of carbonyl (C=O) groups excluding carboxylic acids is 2. The van der Waals surface area contributed by atoms with Crippen molar-refractivity contribution in [3.05, 3.63) is 64.4 Å². The standard InChI is InChI=1S/C18H17N3O3S/c1-21(2)18(23)16-7-6-14(24-16)9-19-17(22)13-5-3-4-12(8-13)15-10-25-11-20-15/h3-8,10-11H,9H2,1-2H3,(H,19,22). The van der Waals surface area contributed by atoms with Crippen LogP contribution in [0.4, 0.5) is 0 Å². The fourth-order valence-corrected chi connectivity index (χ4v) is 2.81. The van der Waals surface area contributed by atoms with E-state index in [-0.39, 0.29) is 24.1 Å². The fourth-order valence-electron chi connectivity index (χ4n) is 2.25. The Morgan fingerprint density at radius 2 is 2.08 bits per heavy atom. The summed E-state index contributed by atoms with van der Waals surface area (Å²) in [5, 5.41) is 4.73. The predicted octanol–water partition coefficient (Wildman–Crippen LogP) is 3.03. The van der Waals surface area contributed by atoms with Crippen LogP contribution >= 0.6 is 11.3 Å². The third-order valence-corrected chi connectivity index (χ3v) is 4.14. The molecule has 1 aromatic carbocycles. The minimum Gasteiger partial charge on any atom is -0.454 e. The van der Waals surface area contributed by atoms with Crippen LogP contribution in [0.5, 0.6) is 0 Å². The van der Waals surface area contributed by atoms with Crippen molar-refractivity contribution in [1.82, 2.24) is 15.2 Å². The van der Waals surface area contributed by atoms with Gasteiger partial charge in [-0.05, 0) is 24.3 Å². The Balaban J connectivity index is 1.65. The molecule has 128 valence electrons. The van der Waals surface area contributed by atoms with Crippen LogP contribution in [0.1, 0.15) is 26.7 Å². The number of nitrogens with zero attached hydrogens (tertiary/aromatic N) is 2. The molecule has 2 heterocycles. The number of thiazole rings is 1. The van der Waals surface area contributed by atoms with Crippen molar-refractivity contribution in [3.63, 3.8) is 0 Å². The van der Waals surface area contributed by atoms with E-state index in [9.17, 15) is 9.59 Å². The average molecular weight is 355 g/mol. The molecule has 3 aromatic rings. The van der Waals surface area contributed by atoms with Crippen LogP contribution < -0.4 is 5.32 Å². The molecule has 3 rings (SSSR count). The Morgan fingerprint density at radius 3 is 2.80 bits per heavy atom. The first-order valence-corrected chi connectivity index (χ1v) is 8.56. The summed E-state index contributed by atoms with van der Waals surface area (Å²) in [6.45, 7) is 0.209. The molecule has 0 saturated heterocycles. The van der Waals surface area contributed by atoms with Gasteiger partial charge >= 0.3 is 0 Å². The highest BCUT2D eigenvalue weighted by atomic mass is 32.1. The maximum Gasteiger partial charge on any atom is 0.289 e. The van der Waals surface area contributed by atoms with E-state index in [1.807, 2.05) is 17.5 Å². The Morgan fingerprint density at radius 1 is 1.24 bits per heavy atom. The molecular weight excluding hydrogens is 338 g/mol. The van der Waals surface area contributed by atoms with Gasteiger partial charge in [-0.15, -0.1) is 11.3 Å². The van der Waals surface area contributed by atoms with Gasteiger partial charge in [-0.1, -0.05) is 12.1 Å². The number of aromatic nitrogens is 1. The lowest BCUT2D eigenvalue weighted by Gasteiger charge is -2.07. The third kappa shape index (κ3) is 3.95. The van der Waals surface area contributed by atoms with Crippen molar-refractivity contribution >= 4 is 23.2 Å². The Bertz CT molecular complexity index is 885. The van der Waals surface area contributed by atoms with Crippen LogP contribution in [0.15, 0.2) is 51.7 Å². The summed E-state index contributed by atoms with van der Waals surface area (Å²) in [5.41, 5.74) is 4.04. The molecule has 0 fully saturated rings. The molecule has 0 aliphatic rings. The molecule has 0 spiro atoms. The zero-order valence-electron chi connectivity index (χ0n) is 13.9. The van der Waals surface area contributed by atoms with E-state index in [0.717, 1.165) is 11.3 Å². The Labute approximate surface area is 149 Å². The highest BCUT2D eigenvalue weighted by molar-refractivity contribution is 7.07. The second-order valence-corrected chi connectivity index (χ2v) is 6.32. The highest BCUT2D eigenvalue weighted by Crippen LogP contribution is 2.20. The number of carbonyl (C=O) groups is 2. The summed E-state index contributed by atoms with van der Waals surface area (Å²) in [7, 11) is 3.31. The van der Waals surface area contributed by atoms with Crippen molar-refractivity contribution in [2.45, 2.75) is 6.54 Å². The summed E-state index contributed by atoms with van der Waals surface area (Å²) in [4.78, 5) is 29.8. The molecule has 7 heteroatoms. The quantitative estimate of drug-likeness (QED) is 0.763. The van der Waals surface area contributed by atoms with Gasteiger partial charge in [0, 0.05) is 30.6 Å². The highest BCUT2D eigenvalue weighted by Gasteiger charge is 2.14. The molecule has 0 bridgehead atoms. The molecular formula is C18H17N3O3S. The van der Waals surface area contributed by atoms with E-state index in [1.165, 1.54) is 16.2 Å². The van der Waals surface area contributed by atoms with E-state index in [1.54, 1.807) is 43.9 Å². The summed E-state index contributed by atoms with van der Waals surface area (Å²) in [5.74, 6) is 0.344. The minimum atomic E-state index is -0.214. The molecule has 0 unspecified atom stereocenters. The number of amides is 2. The van der Waals surface area contributed by atoms with Crippen molar-refractivity contribution in [1.29, 1.82) is 0 Å². The normalized spacial score (nSPS) is 10.5. The summed E-state index contributed by atoms with van der Waals surface area (Å²) in [6.07, 6.45) is 0. The van der Waals surface area contributed by atoms with Crippen LogP contribution in [0.2, 0.25) is 0 Å². The number of hydrogen-bond donors (Lipinski definition) is 1. The lowest BCUT2D eigenvalue weighted by atomic mass is 10.1. The smallest absolute Gasteiger partial charge is 0.289 e. The lowest BCUT2D eigenvalue weighted by Crippen LogP contribution is -2.23. The van der Waals surface area contributed by atoms with E-state index in [4.69, 9.17) is 4.42 Å². The van der Waals surface area contributed by atoms with Gasteiger partial charge in [0.05, 0.1) is 17.7 Å². The van der Waals surface area contributed by atoms with Crippen LogP contribution in [-0.2, 0) is 6.54 Å². The predicted molar refractivity (Wildman–Crippen MR) is 95.4 cm³/mol. The van der Waals surface area contributed by atoms with Crippen molar-refractivity contribution < 1.29 is 14.0 Å². The number of nitrogens with one attached hydrogen (secondary N) is 1. The van der Waals surface area contributed by atoms with E-state index in [0.29, 0.717) is 11.3 Å². The Kier molecular flexibility index (Phi) is 4.95. The van der Waals surface area contributed by atoms with E-state index >= 15 is 0 Å². The van der Waals surface area contributed by atoms with Gasteiger partial charge in [0.15, 0.2) is 5.76 Å². The minimum absolute atomic E-state index is 0.209. The number of hydrogen-bond acceptors (Lipinski definition) is 5. The largest absolute Gasteiger partial charge is 0.454 e. The van der Waals surface area contributed by atoms with Crippen LogP contribution in [0, 0.1) is 0 Å². The van der Waals surface area contributed by atoms with Gasteiger partial charge in [-0.3, -0.25) is 9.59 Å². The molecule has 0 atom stereocenters. The molecule has 0 saturated carbocycles. The fraction of sp³-hybridized carbons (Fsp3) is 0.167. The summed E-state index contributed by atoms with van der Waals surface area (Å²) in [6, 6.07) is 10.6. The molecule has 0 aliphatic carbocycles. The van der Waals surface area contributed by atoms with Gasteiger partial charge in [0.1, 0.15) is 5.76 Å². The van der Waals surface area contributed by atoms with Gasteiger partial charge in [-0.2, -0.15) is 0 Å². The first kappa shape index (κ1) is 16.9. The molecule has 0 radical (unpaired) electrons. The monoisotopic (exact) mass is 355 g/mol. The molecule has 1 N–H and O–H groups in total. The number of rotatable bonds is 5. The maximum absolute atomic E-state index is 12.3. The van der Waals surface area contributed by atoms with Crippen molar-refractivity contribution in [3.8, 4) is 11.3 Å². The maximum atomic E-state index is 12.3. The van der Waals surface area contributed by atoms with Crippen LogP contribution in [0.3, 0.4) is 0 Å². The topological polar surface area (TPSA) is 75.4 Å². The molecule has 2 amide bonds.